The van der Waals surface area contributed by atoms with Crippen LogP contribution >= 0.6 is 10.8 Å². The van der Waals surface area contributed by atoms with Crippen molar-refractivity contribution in [1.82, 2.24) is 10.2 Å². The number of para-hydroxylation sites is 1. The Morgan fingerprint density at radius 2 is 1.21 bits per heavy atom. The number of hydrogen-bond donors (Lipinski definition) is 1. The van der Waals surface area contributed by atoms with E-state index in [-0.39, 0.29) is 20.6 Å². The molecule has 1 heterocycles. The summed E-state index contributed by atoms with van der Waals surface area (Å²) < 4.78 is 72.2. The summed E-state index contributed by atoms with van der Waals surface area (Å²) in [5.74, 6) is -3.09. The van der Waals surface area contributed by atoms with Crippen LogP contribution in [-0.2, 0) is 42.3 Å². The number of β-lactam (4-membered cyclic amide) rings is 1. The molecule has 0 saturated carbocycles. The molecule has 5 aromatic carbocycles. The number of amides is 2. The second-order valence-electron chi connectivity index (χ2n) is 13.0. The van der Waals surface area contributed by atoms with Gasteiger partial charge < -0.3 is 19.0 Å². The summed E-state index contributed by atoms with van der Waals surface area (Å²) >= 11 is 0. The summed E-state index contributed by atoms with van der Waals surface area (Å²) in [4.78, 5) is 42.4. The number of esters is 1. The van der Waals surface area contributed by atoms with E-state index in [1.165, 1.54) is 24.3 Å². The lowest BCUT2D eigenvalue weighted by Gasteiger charge is -2.46. The van der Waals surface area contributed by atoms with Crippen LogP contribution in [0.4, 0.5) is 0 Å². The number of nitrogens with zero attached hydrogens (tertiary/aromatic N) is 1. The van der Waals surface area contributed by atoms with E-state index in [1.807, 2.05) is 0 Å². The minimum Gasteiger partial charge on any atom is -0.484 e. The monoisotopic (exact) mass is 826 g/mol. The SMILES string of the molecule is C/C(OS(=O)(=O)c1ccc(C)cc1)=C(/C(=O)OC(c1ccccc1)c1ccccc1)N1C(=O)[C@@H](NC(=O)COc2ccccc2)[C@H]1SS(=O)(=O)c1ccc(C)cc1. The van der Waals surface area contributed by atoms with Gasteiger partial charge >= 0.3 is 16.1 Å². The standard InChI is InChI=1S/C42H38N2O10S3/c1-28-19-23-34(24-20-28)56(48,49)54-30(3)38(42(47)53-39(31-13-7-4-8-14-31)32-15-9-5-10-16-32)44-40(46)37(43-36(45)27-52-33-17-11-6-12-18-33)41(44)55-57(50,51)35-25-21-29(2)22-26-35/h4-26,37,39,41H,27H2,1-3H3,(H,43,45)/b38-30+/t37-,41-/m1/s1. The highest BCUT2D eigenvalue weighted by atomic mass is 33.1. The van der Waals surface area contributed by atoms with Crippen LogP contribution in [-0.4, -0.2) is 57.5 Å². The van der Waals surface area contributed by atoms with Crippen molar-refractivity contribution in [1.29, 1.82) is 0 Å². The summed E-state index contributed by atoms with van der Waals surface area (Å²) in [6.07, 6.45) is -1.05. The van der Waals surface area contributed by atoms with E-state index < -0.39 is 72.4 Å². The zero-order chi connectivity index (χ0) is 40.7. The Hall–Kier alpha value is -5.90. The molecule has 1 N–H and O–H groups in total. The first kappa shape index (κ1) is 40.8. The molecule has 5 aromatic rings. The highest BCUT2D eigenvalue weighted by molar-refractivity contribution is 8.72. The third kappa shape index (κ3) is 9.74. The van der Waals surface area contributed by atoms with E-state index >= 15 is 0 Å². The van der Waals surface area contributed by atoms with Crippen molar-refractivity contribution < 1.29 is 44.9 Å². The number of ether oxygens (including phenoxy) is 2. The molecule has 294 valence electrons. The van der Waals surface area contributed by atoms with Gasteiger partial charge in [-0.2, -0.15) is 8.42 Å². The minimum absolute atomic E-state index is 0.105. The number of rotatable bonds is 15. The van der Waals surface area contributed by atoms with Gasteiger partial charge in [0.2, 0.25) is 8.87 Å². The maximum absolute atomic E-state index is 14.6. The largest absolute Gasteiger partial charge is 0.484 e. The van der Waals surface area contributed by atoms with Gasteiger partial charge in [0.15, 0.2) is 18.4 Å². The first-order chi connectivity index (χ1) is 27.2. The van der Waals surface area contributed by atoms with Crippen LogP contribution in [0.15, 0.2) is 161 Å². The molecule has 57 heavy (non-hydrogen) atoms. The van der Waals surface area contributed by atoms with Gasteiger partial charge in [-0.1, -0.05) is 114 Å². The molecular weight excluding hydrogens is 789 g/mol. The molecule has 2 amide bonds. The lowest BCUT2D eigenvalue weighted by atomic mass is 10.0. The number of carbonyl (C=O) groups is 3. The van der Waals surface area contributed by atoms with Crippen LogP contribution in [0.25, 0.3) is 0 Å². The van der Waals surface area contributed by atoms with Crippen LogP contribution in [0, 0.1) is 13.8 Å². The fraction of sp³-hybridized carbons (Fsp3) is 0.167. The molecule has 0 aliphatic carbocycles. The zero-order valence-corrected chi connectivity index (χ0v) is 33.4. The molecule has 2 atom stereocenters. The third-order valence-electron chi connectivity index (χ3n) is 8.75. The first-order valence-corrected chi connectivity index (χ1v) is 21.9. The molecule has 0 radical (unpaired) electrons. The van der Waals surface area contributed by atoms with Crippen molar-refractivity contribution in [2.24, 2.45) is 0 Å². The van der Waals surface area contributed by atoms with Gasteiger partial charge in [0, 0.05) is 10.8 Å². The smallest absolute Gasteiger partial charge is 0.359 e. The highest BCUT2D eigenvalue weighted by Crippen LogP contribution is 2.41. The summed E-state index contributed by atoms with van der Waals surface area (Å²) in [6.45, 7) is 4.19. The van der Waals surface area contributed by atoms with Crippen molar-refractivity contribution in [3.05, 3.63) is 173 Å². The molecule has 6 rings (SSSR count). The number of carbonyl (C=O) groups excluding carboxylic acids is 3. The Kier molecular flexibility index (Phi) is 12.5. The Balaban J connectivity index is 1.42. The van der Waals surface area contributed by atoms with Crippen molar-refractivity contribution in [3.8, 4) is 5.75 Å². The molecule has 12 nitrogen and oxygen atoms in total. The maximum atomic E-state index is 14.6. The average molecular weight is 827 g/mol. The van der Waals surface area contributed by atoms with E-state index in [4.69, 9.17) is 13.7 Å². The van der Waals surface area contributed by atoms with Crippen LogP contribution in [0.3, 0.4) is 0 Å². The number of likely N-dealkylation sites (tertiary alicyclic amines) is 1. The van der Waals surface area contributed by atoms with E-state index in [1.54, 1.807) is 129 Å². The molecule has 0 spiro atoms. The lowest BCUT2D eigenvalue weighted by molar-refractivity contribution is -0.155. The van der Waals surface area contributed by atoms with E-state index in [2.05, 4.69) is 5.32 Å². The highest BCUT2D eigenvalue weighted by Gasteiger charge is 2.55. The van der Waals surface area contributed by atoms with E-state index in [0.717, 1.165) is 23.0 Å². The lowest BCUT2D eigenvalue weighted by Crippen LogP contribution is -2.70. The summed E-state index contributed by atoms with van der Waals surface area (Å²) in [5, 5.41) is 1.02. The van der Waals surface area contributed by atoms with Gasteiger partial charge in [-0.15, -0.1) is 0 Å². The van der Waals surface area contributed by atoms with Crippen molar-refractivity contribution >= 4 is 47.6 Å². The molecule has 0 unspecified atom stereocenters. The van der Waals surface area contributed by atoms with Gasteiger partial charge in [-0.25, -0.2) is 13.2 Å². The van der Waals surface area contributed by atoms with Gasteiger partial charge in [0.1, 0.15) is 27.8 Å². The Morgan fingerprint density at radius 1 is 0.719 bits per heavy atom. The fourth-order valence-electron chi connectivity index (χ4n) is 5.82. The predicted octanol–water partition coefficient (Wildman–Crippen LogP) is 6.43. The fourth-order valence-corrected chi connectivity index (χ4v) is 10.3. The minimum atomic E-state index is -4.60. The van der Waals surface area contributed by atoms with Gasteiger partial charge in [0.25, 0.3) is 11.8 Å². The molecular formula is C42H38N2O10S3. The topological polar surface area (TPSA) is 162 Å². The molecule has 1 aliphatic heterocycles. The number of benzene rings is 5. The molecule has 1 aliphatic rings. The third-order valence-corrected chi connectivity index (χ3v) is 13.8. The maximum Gasteiger partial charge on any atom is 0.359 e. The molecule has 0 aromatic heterocycles. The quantitative estimate of drug-likeness (QED) is 0.0309. The molecule has 0 bridgehead atoms. The second kappa shape index (κ2) is 17.5. The molecule has 15 heteroatoms. The van der Waals surface area contributed by atoms with Gasteiger partial charge in [-0.05, 0) is 68.3 Å². The Morgan fingerprint density at radius 3 is 1.74 bits per heavy atom. The van der Waals surface area contributed by atoms with Gasteiger partial charge in [0.05, 0.1) is 4.90 Å². The Labute approximate surface area is 334 Å². The first-order valence-electron chi connectivity index (χ1n) is 17.6. The normalized spacial score (nSPS) is 15.9. The Bertz CT molecular complexity index is 2440. The summed E-state index contributed by atoms with van der Waals surface area (Å²) in [7, 11) is -8.60. The second-order valence-corrected chi connectivity index (χ2v) is 18.5. The van der Waals surface area contributed by atoms with E-state index in [0.29, 0.717) is 16.9 Å². The number of aryl methyl sites for hydroxylation is 2. The van der Waals surface area contributed by atoms with Crippen LogP contribution in [0.5, 0.6) is 5.75 Å². The molecule has 1 saturated heterocycles. The van der Waals surface area contributed by atoms with E-state index in [9.17, 15) is 31.2 Å². The van der Waals surface area contributed by atoms with Crippen molar-refractivity contribution in [2.75, 3.05) is 6.61 Å². The van der Waals surface area contributed by atoms with Crippen molar-refractivity contribution in [2.45, 2.75) is 48.1 Å². The van der Waals surface area contributed by atoms with Gasteiger partial charge in [-0.3, -0.25) is 14.5 Å². The number of nitrogens with one attached hydrogen (secondary N) is 1. The number of allylic oxidation sites excluding steroid dienone is 1. The van der Waals surface area contributed by atoms with Crippen LogP contribution in [0.2, 0.25) is 0 Å². The average Bonchev–Trinajstić information content (AvgIpc) is 3.20. The number of hydrogen-bond acceptors (Lipinski definition) is 11. The summed E-state index contributed by atoms with van der Waals surface area (Å²) in [6, 6.07) is 36.1. The van der Waals surface area contributed by atoms with Crippen LogP contribution in [0.1, 0.15) is 35.3 Å². The predicted molar refractivity (Wildman–Crippen MR) is 213 cm³/mol. The summed E-state index contributed by atoms with van der Waals surface area (Å²) in [5.41, 5.74) is 1.99. The zero-order valence-electron chi connectivity index (χ0n) is 31.0. The van der Waals surface area contributed by atoms with Crippen LogP contribution < -0.4 is 10.1 Å². The molecule has 1 fully saturated rings. The van der Waals surface area contributed by atoms with Crippen molar-refractivity contribution in [3.63, 3.8) is 0 Å².